The monoisotopic (exact) mass is 302 g/mol. The number of carbonyl (C=O) groups excluding carboxylic acids is 1. The van der Waals surface area contributed by atoms with Crippen molar-refractivity contribution < 1.29 is 26.7 Å². The van der Waals surface area contributed by atoms with Gasteiger partial charge >= 0.3 is 6.18 Å². The molecular formula is C13H7F5N2O. The van der Waals surface area contributed by atoms with Crippen LogP contribution in [-0.2, 0) is 6.18 Å². The minimum atomic E-state index is -4.69. The van der Waals surface area contributed by atoms with Gasteiger partial charge in [0, 0.05) is 0 Å². The number of pyridine rings is 1. The van der Waals surface area contributed by atoms with E-state index in [2.05, 4.69) is 10.3 Å². The van der Waals surface area contributed by atoms with Crippen molar-refractivity contribution in [2.75, 3.05) is 5.32 Å². The maximum atomic E-state index is 13.5. The lowest BCUT2D eigenvalue weighted by atomic mass is 10.1. The first-order chi connectivity index (χ1) is 9.77. The molecule has 0 atom stereocenters. The van der Waals surface area contributed by atoms with Gasteiger partial charge in [-0.15, -0.1) is 0 Å². The number of carbonyl (C=O) groups is 1. The van der Waals surface area contributed by atoms with Gasteiger partial charge in [-0.2, -0.15) is 17.6 Å². The van der Waals surface area contributed by atoms with E-state index in [1.54, 1.807) is 0 Å². The summed E-state index contributed by atoms with van der Waals surface area (Å²) in [7, 11) is 0. The number of amides is 1. The smallest absolute Gasteiger partial charge is 0.320 e. The predicted octanol–water partition coefficient (Wildman–Crippen LogP) is 3.63. The highest BCUT2D eigenvalue weighted by molar-refractivity contribution is 6.04. The van der Waals surface area contributed by atoms with Gasteiger partial charge in [0.05, 0.1) is 23.0 Å². The molecular weight excluding hydrogens is 295 g/mol. The lowest BCUT2D eigenvalue weighted by Gasteiger charge is -2.10. The number of hydrogen-bond donors (Lipinski definition) is 1. The summed E-state index contributed by atoms with van der Waals surface area (Å²) < 4.78 is 63.6. The topological polar surface area (TPSA) is 42.0 Å². The molecule has 8 heteroatoms. The second kappa shape index (κ2) is 5.47. The van der Waals surface area contributed by atoms with Gasteiger partial charge in [0.15, 0.2) is 0 Å². The minimum Gasteiger partial charge on any atom is -0.320 e. The number of rotatable bonds is 2. The number of alkyl halides is 3. The highest BCUT2D eigenvalue weighted by Gasteiger charge is 2.31. The third-order valence-corrected chi connectivity index (χ3v) is 2.52. The second-order valence-corrected chi connectivity index (χ2v) is 4.02. The van der Waals surface area contributed by atoms with Gasteiger partial charge in [-0.3, -0.25) is 4.79 Å². The number of halogens is 5. The van der Waals surface area contributed by atoms with E-state index in [0.717, 1.165) is 18.3 Å². The molecule has 110 valence electrons. The minimum absolute atomic E-state index is 0.0261. The van der Waals surface area contributed by atoms with Crippen LogP contribution in [0.15, 0.2) is 36.5 Å². The van der Waals surface area contributed by atoms with Gasteiger partial charge in [0.2, 0.25) is 5.95 Å². The molecule has 1 aromatic heterocycles. The number of nitrogens with zero attached hydrogens (tertiary/aromatic N) is 1. The number of nitrogens with one attached hydrogen (secondary N) is 1. The van der Waals surface area contributed by atoms with E-state index in [9.17, 15) is 26.7 Å². The standard InChI is InChI=1S/C13H7F5N2O/c14-10-3-1-7(13(16,17)18)5-9(10)12(21)20-8-2-4-11(15)19-6-8/h1-6H,(H,20,21). The van der Waals surface area contributed by atoms with Crippen molar-refractivity contribution in [2.45, 2.75) is 6.18 Å². The van der Waals surface area contributed by atoms with E-state index < -0.39 is 35.0 Å². The van der Waals surface area contributed by atoms with Crippen molar-refractivity contribution in [1.29, 1.82) is 0 Å². The maximum absolute atomic E-state index is 13.5. The maximum Gasteiger partial charge on any atom is 0.416 e. The molecule has 3 nitrogen and oxygen atoms in total. The zero-order valence-electron chi connectivity index (χ0n) is 10.2. The van der Waals surface area contributed by atoms with Gasteiger partial charge in [0.25, 0.3) is 5.91 Å². The Hall–Kier alpha value is -2.51. The van der Waals surface area contributed by atoms with Crippen molar-refractivity contribution >= 4 is 11.6 Å². The van der Waals surface area contributed by atoms with Crippen molar-refractivity contribution in [3.8, 4) is 0 Å². The van der Waals surface area contributed by atoms with Crippen LogP contribution in [0.5, 0.6) is 0 Å². The summed E-state index contributed by atoms with van der Waals surface area (Å²) >= 11 is 0. The Morgan fingerprint density at radius 2 is 1.81 bits per heavy atom. The van der Waals surface area contributed by atoms with Crippen LogP contribution in [0.3, 0.4) is 0 Å². The van der Waals surface area contributed by atoms with Crippen LogP contribution < -0.4 is 5.32 Å². The van der Waals surface area contributed by atoms with E-state index in [-0.39, 0.29) is 5.69 Å². The average Bonchev–Trinajstić information content (AvgIpc) is 2.40. The van der Waals surface area contributed by atoms with Crippen LogP contribution in [0, 0.1) is 11.8 Å². The molecule has 2 aromatic rings. The third-order valence-electron chi connectivity index (χ3n) is 2.52. The lowest BCUT2D eigenvalue weighted by Crippen LogP contribution is -2.16. The normalized spacial score (nSPS) is 11.3. The van der Waals surface area contributed by atoms with Crippen LogP contribution in [0.1, 0.15) is 15.9 Å². The van der Waals surface area contributed by atoms with Crippen molar-refractivity contribution in [3.63, 3.8) is 0 Å². The van der Waals surface area contributed by atoms with Crippen LogP contribution in [0.25, 0.3) is 0 Å². The Kier molecular flexibility index (Phi) is 3.88. The Morgan fingerprint density at radius 1 is 1.10 bits per heavy atom. The van der Waals surface area contributed by atoms with Gasteiger partial charge in [-0.1, -0.05) is 0 Å². The fourth-order valence-corrected chi connectivity index (χ4v) is 1.52. The molecule has 0 aliphatic heterocycles. The van der Waals surface area contributed by atoms with Crippen molar-refractivity contribution in [1.82, 2.24) is 4.98 Å². The second-order valence-electron chi connectivity index (χ2n) is 4.02. The highest BCUT2D eigenvalue weighted by Crippen LogP contribution is 2.30. The molecule has 0 saturated carbocycles. The summed E-state index contributed by atoms with van der Waals surface area (Å²) in [6, 6.07) is 3.58. The number of aromatic nitrogens is 1. The summed E-state index contributed by atoms with van der Waals surface area (Å²) in [5.41, 5.74) is -1.89. The quantitative estimate of drug-likeness (QED) is 0.680. The molecule has 0 radical (unpaired) electrons. The summed E-state index contributed by atoms with van der Waals surface area (Å²) in [6.45, 7) is 0. The van der Waals surface area contributed by atoms with Crippen LogP contribution in [0.2, 0.25) is 0 Å². The molecule has 0 saturated heterocycles. The van der Waals surface area contributed by atoms with Crippen molar-refractivity contribution in [3.05, 3.63) is 59.4 Å². The molecule has 1 aromatic carbocycles. The average molecular weight is 302 g/mol. The fourth-order valence-electron chi connectivity index (χ4n) is 1.52. The molecule has 0 bridgehead atoms. The Bertz CT molecular complexity index is 667. The summed E-state index contributed by atoms with van der Waals surface area (Å²) in [4.78, 5) is 15.0. The molecule has 0 spiro atoms. The van der Waals surface area contributed by atoms with E-state index in [1.807, 2.05) is 0 Å². The summed E-state index contributed by atoms with van der Waals surface area (Å²) in [5, 5.41) is 2.13. The molecule has 0 unspecified atom stereocenters. The van der Waals surface area contributed by atoms with Gasteiger partial charge in [0.1, 0.15) is 5.82 Å². The van der Waals surface area contributed by atoms with Gasteiger partial charge in [-0.05, 0) is 30.3 Å². The van der Waals surface area contributed by atoms with Crippen LogP contribution in [-0.4, -0.2) is 10.9 Å². The van der Waals surface area contributed by atoms with Crippen molar-refractivity contribution in [2.24, 2.45) is 0 Å². The SMILES string of the molecule is O=C(Nc1ccc(F)nc1)c1cc(C(F)(F)F)ccc1F. The van der Waals surface area contributed by atoms with Crippen LogP contribution >= 0.6 is 0 Å². The third kappa shape index (κ3) is 3.53. The van der Waals surface area contributed by atoms with E-state index in [1.165, 1.54) is 0 Å². The lowest BCUT2D eigenvalue weighted by molar-refractivity contribution is -0.137. The van der Waals surface area contributed by atoms with Gasteiger partial charge < -0.3 is 5.32 Å². The predicted molar refractivity (Wildman–Crippen MR) is 63.6 cm³/mol. The first kappa shape index (κ1) is 14.9. The van der Waals surface area contributed by atoms with E-state index in [0.29, 0.717) is 18.2 Å². The largest absolute Gasteiger partial charge is 0.416 e. The van der Waals surface area contributed by atoms with Crippen LogP contribution in [0.4, 0.5) is 27.6 Å². The summed E-state index contributed by atoms with van der Waals surface area (Å²) in [5.74, 6) is -2.99. The molecule has 2 rings (SSSR count). The summed E-state index contributed by atoms with van der Waals surface area (Å²) in [6.07, 6.45) is -3.74. The molecule has 1 amide bonds. The number of hydrogen-bond acceptors (Lipinski definition) is 2. The Morgan fingerprint density at radius 3 is 2.38 bits per heavy atom. The molecule has 1 N–H and O–H groups in total. The highest BCUT2D eigenvalue weighted by atomic mass is 19.4. The fraction of sp³-hybridized carbons (Fsp3) is 0.0769. The molecule has 21 heavy (non-hydrogen) atoms. The molecule has 1 heterocycles. The number of benzene rings is 1. The Balaban J connectivity index is 2.28. The first-order valence-corrected chi connectivity index (χ1v) is 5.57. The zero-order valence-corrected chi connectivity index (χ0v) is 10.2. The van der Waals surface area contributed by atoms with E-state index in [4.69, 9.17) is 0 Å². The first-order valence-electron chi connectivity index (χ1n) is 5.57. The van der Waals surface area contributed by atoms with E-state index >= 15 is 0 Å². The molecule has 0 aliphatic rings. The Labute approximate surface area is 115 Å². The van der Waals surface area contributed by atoms with Gasteiger partial charge in [-0.25, -0.2) is 9.37 Å². The zero-order chi connectivity index (χ0) is 15.6. The number of anilines is 1. The molecule has 0 aliphatic carbocycles. The molecule has 0 fully saturated rings.